The molecule has 2 atom stereocenters. The van der Waals surface area contributed by atoms with E-state index in [4.69, 9.17) is 4.74 Å². The first-order chi connectivity index (χ1) is 10.3. The maximum Gasteiger partial charge on any atom is 0.122 e. The van der Waals surface area contributed by atoms with Crippen LogP contribution in [0.15, 0.2) is 42.6 Å². The summed E-state index contributed by atoms with van der Waals surface area (Å²) < 4.78 is 5.38. The van der Waals surface area contributed by atoms with Gasteiger partial charge in [-0.1, -0.05) is 24.3 Å². The molecule has 1 aliphatic rings. The monoisotopic (exact) mass is 283 g/mol. The van der Waals surface area contributed by atoms with E-state index in [1.807, 2.05) is 36.5 Å². The van der Waals surface area contributed by atoms with Crippen molar-refractivity contribution in [3.63, 3.8) is 0 Å². The molecular weight excluding hydrogens is 262 g/mol. The summed E-state index contributed by atoms with van der Waals surface area (Å²) in [5.41, 5.74) is 3.41. The van der Waals surface area contributed by atoms with Crippen LogP contribution in [0.5, 0.6) is 5.75 Å². The number of hydrogen-bond donors (Lipinski definition) is 1. The quantitative estimate of drug-likeness (QED) is 0.937. The molecule has 2 aromatic rings. The van der Waals surface area contributed by atoms with Crippen LogP contribution in [0, 0.1) is 0 Å². The summed E-state index contributed by atoms with van der Waals surface area (Å²) in [6.07, 6.45) is 5.20. The Balaban J connectivity index is 1.82. The smallest absolute Gasteiger partial charge is 0.122 e. The summed E-state index contributed by atoms with van der Waals surface area (Å²) >= 11 is 0. The van der Waals surface area contributed by atoms with Gasteiger partial charge in [-0.25, -0.2) is 0 Å². The molecule has 0 fully saturated rings. The Bertz CT molecular complexity index is 612. The molecule has 0 saturated carbocycles. The first-order valence-corrected chi connectivity index (χ1v) is 7.53. The molecule has 1 N–H and O–H groups in total. The normalized spacial score (nSPS) is 18.9. The first kappa shape index (κ1) is 14.1. The molecule has 21 heavy (non-hydrogen) atoms. The van der Waals surface area contributed by atoms with Gasteiger partial charge >= 0.3 is 0 Å². The second-order valence-corrected chi connectivity index (χ2v) is 5.63. The summed E-state index contributed by atoms with van der Waals surface area (Å²) in [5, 5.41) is 10.7. The van der Waals surface area contributed by atoms with Crippen molar-refractivity contribution in [1.29, 1.82) is 0 Å². The maximum atomic E-state index is 10.7. The van der Waals surface area contributed by atoms with E-state index in [2.05, 4.69) is 11.1 Å². The number of rotatable bonds is 4. The standard InChI is InChI=1S/C18H21NO2/c1-21-17-10-3-2-6-14(17)12-16(20)15-9-4-7-13-8-5-11-19-18(13)15/h2-3,5-6,8,10-11,15-16,20H,4,7,9,12H2,1H3. The molecule has 2 unspecified atom stereocenters. The van der Waals surface area contributed by atoms with Crippen molar-refractivity contribution < 1.29 is 9.84 Å². The number of hydrogen-bond acceptors (Lipinski definition) is 3. The van der Waals surface area contributed by atoms with Gasteiger partial charge in [-0.05, 0) is 42.5 Å². The van der Waals surface area contributed by atoms with Crippen LogP contribution >= 0.6 is 0 Å². The Morgan fingerprint density at radius 3 is 3.00 bits per heavy atom. The largest absolute Gasteiger partial charge is 0.496 e. The topological polar surface area (TPSA) is 42.4 Å². The molecule has 0 spiro atoms. The van der Waals surface area contributed by atoms with E-state index in [1.165, 1.54) is 5.56 Å². The molecule has 110 valence electrons. The van der Waals surface area contributed by atoms with Crippen molar-refractivity contribution in [2.45, 2.75) is 37.7 Å². The minimum absolute atomic E-state index is 0.125. The van der Waals surface area contributed by atoms with E-state index in [-0.39, 0.29) is 5.92 Å². The van der Waals surface area contributed by atoms with Gasteiger partial charge in [-0.15, -0.1) is 0 Å². The van der Waals surface area contributed by atoms with Crippen LogP contribution in [-0.4, -0.2) is 23.3 Å². The van der Waals surface area contributed by atoms with Gasteiger partial charge in [0.15, 0.2) is 0 Å². The molecule has 0 radical (unpaired) electrons. The number of fused-ring (bicyclic) bond motifs is 1. The zero-order chi connectivity index (χ0) is 14.7. The van der Waals surface area contributed by atoms with E-state index in [1.54, 1.807) is 7.11 Å². The van der Waals surface area contributed by atoms with Crippen molar-refractivity contribution >= 4 is 0 Å². The summed E-state index contributed by atoms with van der Waals surface area (Å²) in [5.74, 6) is 0.966. The van der Waals surface area contributed by atoms with Crippen LogP contribution < -0.4 is 4.74 Å². The maximum absolute atomic E-state index is 10.7. The molecule has 0 saturated heterocycles. The highest BCUT2D eigenvalue weighted by Crippen LogP contribution is 2.34. The van der Waals surface area contributed by atoms with Gasteiger partial charge in [-0.2, -0.15) is 0 Å². The van der Waals surface area contributed by atoms with E-state index >= 15 is 0 Å². The van der Waals surface area contributed by atoms with Gasteiger partial charge in [0.25, 0.3) is 0 Å². The number of benzene rings is 1. The van der Waals surface area contributed by atoms with Crippen LogP contribution in [0.4, 0.5) is 0 Å². The minimum Gasteiger partial charge on any atom is -0.496 e. The SMILES string of the molecule is COc1ccccc1CC(O)C1CCCc2cccnc21. The summed E-state index contributed by atoms with van der Waals surface area (Å²) in [6, 6.07) is 12.0. The number of aliphatic hydroxyl groups is 1. The summed E-state index contributed by atoms with van der Waals surface area (Å²) in [7, 11) is 1.67. The number of para-hydroxylation sites is 1. The van der Waals surface area contributed by atoms with Crippen molar-refractivity contribution in [2.75, 3.05) is 7.11 Å². The average molecular weight is 283 g/mol. The third kappa shape index (κ3) is 2.93. The molecule has 3 heteroatoms. The lowest BCUT2D eigenvalue weighted by Crippen LogP contribution is -2.26. The van der Waals surface area contributed by atoms with Crippen LogP contribution in [0.25, 0.3) is 0 Å². The van der Waals surface area contributed by atoms with Crippen molar-refractivity contribution in [3.05, 3.63) is 59.4 Å². The molecule has 0 amide bonds. The summed E-state index contributed by atoms with van der Waals surface area (Å²) in [6.45, 7) is 0. The first-order valence-electron chi connectivity index (χ1n) is 7.53. The lowest BCUT2D eigenvalue weighted by molar-refractivity contribution is 0.131. The predicted molar refractivity (Wildman–Crippen MR) is 82.6 cm³/mol. The van der Waals surface area contributed by atoms with Crippen molar-refractivity contribution in [2.24, 2.45) is 0 Å². The molecule has 1 aromatic carbocycles. The van der Waals surface area contributed by atoms with Gasteiger partial charge in [0.1, 0.15) is 5.75 Å². The molecule has 3 rings (SSSR count). The minimum atomic E-state index is -0.421. The third-order valence-electron chi connectivity index (χ3n) is 4.32. The number of pyridine rings is 1. The highest BCUT2D eigenvalue weighted by molar-refractivity contribution is 5.35. The third-order valence-corrected chi connectivity index (χ3v) is 4.32. The number of nitrogens with zero attached hydrogens (tertiary/aromatic N) is 1. The van der Waals surface area contributed by atoms with Gasteiger partial charge in [0.05, 0.1) is 13.2 Å². The zero-order valence-corrected chi connectivity index (χ0v) is 12.3. The lowest BCUT2D eigenvalue weighted by Gasteiger charge is -2.28. The Kier molecular flexibility index (Phi) is 4.20. The number of aliphatic hydroxyl groups excluding tert-OH is 1. The molecule has 1 aromatic heterocycles. The number of methoxy groups -OCH3 is 1. The molecule has 0 bridgehead atoms. The number of ether oxygens (including phenoxy) is 1. The average Bonchev–Trinajstić information content (AvgIpc) is 2.54. The van der Waals surface area contributed by atoms with E-state index in [0.717, 1.165) is 36.3 Å². The highest BCUT2D eigenvalue weighted by Gasteiger charge is 2.28. The Hall–Kier alpha value is -1.87. The fraction of sp³-hybridized carbons (Fsp3) is 0.389. The van der Waals surface area contributed by atoms with Crippen LogP contribution in [0.1, 0.15) is 35.6 Å². The fourth-order valence-electron chi connectivity index (χ4n) is 3.26. The second kappa shape index (κ2) is 6.27. The van der Waals surface area contributed by atoms with E-state index < -0.39 is 6.10 Å². The molecular formula is C18H21NO2. The number of aromatic nitrogens is 1. The van der Waals surface area contributed by atoms with Crippen molar-refractivity contribution in [1.82, 2.24) is 4.98 Å². The van der Waals surface area contributed by atoms with Crippen LogP contribution in [0.2, 0.25) is 0 Å². The van der Waals surface area contributed by atoms with E-state index in [0.29, 0.717) is 6.42 Å². The van der Waals surface area contributed by atoms with Gasteiger partial charge in [0.2, 0.25) is 0 Å². The zero-order valence-electron chi connectivity index (χ0n) is 12.3. The van der Waals surface area contributed by atoms with Gasteiger partial charge < -0.3 is 9.84 Å². The molecule has 0 aliphatic heterocycles. The highest BCUT2D eigenvalue weighted by atomic mass is 16.5. The molecule has 1 aliphatic carbocycles. The van der Waals surface area contributed by atoms with Gasteiger partial charge in [-0.3, -0.25) is 4.98 Å². The second-order valence-electron chi connectivity index (χ2n) is 5.63. The Morgan fingerprint density at radius 1 is 1.29 bits per heavy atom. The Morgan fingerprint density at radius 2 is 2.14 bits per heavy atom. The van der Waals surface area contributed by atoms with Crippen molar-refractivity contribution in [3.8, 4) is 5.75 Å². The summed E-state index contributed by atoms with van der Waals surface area (Å²) in [4.78, 5) is 4.51. The van der Waals surface area contributed by atoms with Crippen LogP contribution in [-0.2, 0) is 12.8 Å². The van der Waals surface area contributed by atoms with Crippen LogP contribution in [0.3, 0.4) is 0 Å². The molecule has 1 heterocycles. The van der Waals surface area contributed by atoms with E-state index in [9.17, 15) is 5.11 Å². The lowest BCUT2D eigenvalue weighted by atomic mass is 9.81. The van der Waals surface area contributed by atoms with Gasteiger partial charge in [0, 0.05) is 24.2 Å². The number of aryl methyl sites for hydroxylation is 1. The molecule has 3 nitrogen and oxygen atoms in total. The fourth-order valence-corrected chi connectivity index (χ4v) is 3.26. The Labute approximate surface area is 125 Å². The predicted octanol–water partition coefficient (Wildman–Crippen LogP) is 3.11.